The van der Waals surface area contributed by atoms with Crippen molar-refractivity contribution in [2.75, 3.05) is 0 Å². The van der Waals surface area contributed by atoms with Gasteiger partial charge in [0.2, 0.25) is 0 Å². The molecule has 1 atom stereocenters. The second-order valence-electron chi connectivity index (χ2n) is 4.27. The fourth-order valence-electron chi connectivity index (χ4n) is 1.87. The van der Waals surface area contributed by atoms with E-state index in [1.807, 2.05) is 0 Å². The Kier molecular flexibility index (Phi) is 4.34. The van der Waals surface area contributed by atoms with Gasteiger partial charge in [0.05, 0.1) is 5.56 Å². The molecular formula is C14H8BrF5O. The first-order valence-electron chi connectivity index (χ1n) is 5.70. The number of halogens is 6. The van der Waals surface area contributed by atoms with E-state index < -0.39 is 29.5 Å². The lowest BCUT2D eigenvalue weighted by Gasteiger charge is -2.16. The van der Waals surface area contributed by atoms with E-state index in [9.17, 15) is 27.1 Å². The number of hydrogen-bond donors (Lipinski definition) is 1. The molecule has 112 valence electrons. The Morgan fingerprint density at radius 3 is 2.24 bits per heavy atom. The molecule has 21 heavy (non-hydrogen) atoms. The third-order valence-corrected chi connectivity index (χ3v) is 3.58. The summed E-state index contributed by atoms with van der Waals surface area (Å²) in [4.78, 5) is 0. The average Bonchev–Trinajstić information content (AvgIpc) is 2.37. The quantitative estimate of drug-likeness (QED) is 0.755. The molecule has 1 unspecified atom stereocenters. The van der Waals surface area contributed by atoms with E-state index in [2.05, 4.69) is 15.9 Å². The number of benzene rings is 2. The summed E-state index contributed by atoms with van der Waals surface area (Å²) in [5.74, 6) is -2.24. The smallest absolute Gasteiger partial charge is 0.384 e. The van der Waals surface area contributed by atoms with Crippen LogP contribution in [0.3, 0.4) is 0 Å². The van der Waals surface area contributed by atoms with Gasteiger partial charge in [-0.2, -0.15) is 13.2 Å². The van der Waals surface area contributed by atoms with Crippen LogP contribution in [-0.2, 0) is 6.18 Å². The molecule has 0 bridgehead atoms. The van der Waals surface area contributed by atoms with E-state index >= 15 is 0 Å². The summed E-state index contributed by atoms with van der Waals surface area (Å²) in [5, 5.41) is 10.1. The fourth-order valence-corrected chi connectivity index (χ4v) is 2.43. The lowest BCUT2D eigenvalue weighted by molar-refractivity contribution is -0.140. The summed E-state index contributed by atoms with van der Waals surface area (Å²) < 4.78 is 65.1. The molecule has 0 radical (unpaired) electrons. The topological polar surface area (TPSA) is 20.2 Å². The molecule has 0 spiro atoms. The lowest BCUT2D eigenvalue weighted by Crippen LogP contribution is -2.11. The SMILES string of the molecule is OC(c1ccc(F)c(C(F)(F)F)c1)c1c(F)cccc1Br. The van der Waals surface area contributed by atoms with Gasteiger partial charge in [0.15, 0.2) is 0 Å². The van der Waals surface area contributed by atoms with Crippen LogP contribution in [0.25, 0.3) is 0 Å². The van der Waals surface area contributed by atoms with Gasteiger partial charge in [0, 0.05) is 10.0 Å². The van der Waals surface area contributed by atoms with Crippen molar-refractivity contribution in [2.24, 2.45) is 0 Å². The third kappa shape index (κ3) is 3.24. The summed E-state index contributed by atoms with van der Waals surface area (Å²) in [6.45, 7) is 0. The average molecular weight is 367 g/mol. The van der Waals surface area contributed by atoms with E-state index in [1.165, 1.54) is 12.1 Å². The standard InChI is InChI=1S/C14H8BrF5O/c15-9-2-1-3-11(17)12(9)13(21)7-4-5-10(16)8(6-7)14(18,19)20/h1-6,13,21H. The van der Waals surface area contributed by atoms with Crippen molar-refractivity contribution in [1.82, 2.24) is 0 Å². The molecule has 0 heterocycles. The van der Waals surface area contributed by atoms with Crippen molar-refractivity contribution < 1.29 is 27.1 Å². The highest BCUT2D eigenvalue weighted by atomic mass is 79.9. The molecule has 2 aromatic rings. The van der Waals surface area contributed by atoms with Gasteiger partial charge >= 0.3 is 6.18 Å². The fraction of sp³-hybridized carbons (Fsp3) is 0.143. The Bertz CT molecular complexity index is 649. The zero-order chi connectivity index (χ0) is 15.8. The van der Waals surface area contributed by atoms with E-state index in [0.29, 0.717) is 12.1 Å². The minimum Gasteiger partial charge on any atom is -0.384 e. The van der Waals surface area contributed by atoms with Gasteiger partial charge in [-0.1, -0.05) is 28.1 Å². The first kappa shape index (κ1) is 15.9. The summed E-state index contributed by atoms with van der Waals surface area (Å²) in [6, 6.07) is 5.93. The molecule has 0 amide bonds. The normalized spacial score (nSPS) is 13.3. The van der Waals surface area contributed by atoms with E-state index in [-0.39, 0.29) is 15.6 Å². The molecule has 0 aliphatic carbocycles. The number of hydrogen-bond acceptors (Lipinski definition) is 1. The zero-order valence-corrected chi connectivity index (χ0v) is 11.8. The van der Waals surface area contributed by atoms with Crippen LogP contribution in [0.4, 0.5) is 22.0 Å². The van der Waals surface area contributed by atoms with Crippen LogP contribution in [0.2, 0.25) is 0 Å². The molecule has 2 aromatic carbocycles. The van der Waals surface area contributed by atoms with Crippen LogP contribution < -0.4 is 0 Å². The maximum atomic E-state index is 13.7. The number of rotatable bonds is 2. The first-order valence-corrected chi connectivity index (χ1v) is 6.49. The lowest BCUT2D eigenvalue weighted by atomic mass is 9.99. The molecule has 0 fully saturated rings. The predicted octanol–water partition coefficient (Wildman–Crippen LogP) is 4.83. The number of alkyl halides is 3. The van der Waals surface area contributed by atoms with E-state index in [0.717, 1.165) is 12.1 Å². The summed E-state index contributed by atoms with van der Waals surface area (Å²) in [5.41, 5.74) is -1.97. The number of aliphatic hydroxyl groups excluding tert-OH is 1. The predicted molar refractivity (Wildman–Crippen MR) is 69.6 cm³/mol. The zero-order valence-electron chi connectivity index (χ0n) is 10.3. The largest absolute Gasteiger partial charge is 0.419 e. The first-order chi connectivity index (χ1) is 9.71. The molecule has 0 aliphatic heterocycles. The van der Waals surface area contributed by atoms with Crippen LogP contribution >= 0.6 is 15.9 Å². The minimum absolute atomic E-state index is 0.202. The molecule has 0 aliphatic rings. The minimum atomic E-state index is -4.90. The Balaban J connectivity index is 2.52. The van der Waals surface area contributed by atoms with Gasteiger partial charge in [0.1, 0.15) is 17.7 Å². The van der Waals surface area contributed by atoms with Crippen molar-refractivity contribution >= 4 is 15.9 Å². The molecule has 2 rings (SSSR count). The maximum absolute atomic E-state index is 13.7. The second kappa shape index (κ2) is 5.73. The highest BCUT2D eigenvalue weighted by molar-refractivity contribution is 9.10. The Hall–Kier alpha value is -1.47. The molecule has 1 N–H and O–H groups in total. The van der Waals surface area contributed by atoms with E-state index in [4.69, 9.17) is 0 Å². The van der Waals surface area contributed by atoms with Gasteiger partial charge in [-0.15, -0.1) is 0 Å². The van der Waals surface area contributed by atoms with Gasteiger partial charge < -0.3 is 5.11 Å². The molecular weight excluding hydrogens is 359 g/mol. The van der Waals surface area contributed by atoms with Gasteiger partial charge in [0.25, 0.3) is 0 Å². The summed E-state index contributed by atoms with van der Waals surface area (Å²) in [6.07, 6.45) is -6.55. The van der Waals surface area contributed by atoms with Crippen LogP contribution in [-0.4, -0.2) is 5.11 Å². The van der Waals surface area contributed by atoms with Crippen LogP contribution in [0.15, 0.2) is 40.9 Å². The van der Waals surface area contributed by atoms with Gasteiger partial charge in [-0.25, -0.2) is 8.78 Å². The highest BCUT2D eigenvalue weighted by Crippen LogP contribution is 2.36. The highest BCUT2D eigenvalue weighted by Gasteiger charge is 2.35. The van der Waals surface area contributed by atoms with Crippen LogP contribution in [0, 0.1) is 11.6 Å². The Labute approximate surface area is 125 Å². The number of aliphatic hydroxyl groups is 1. The van der Waals surface area contributed by atoms with Crippen molar-refractivity contribution in [3.8, 4) is 0 Å². The van der Waals surface area contributed by atoms with Crippen LogP contribution in [0.1, 0.15) is 22.8 Å². The molecule has 0 saturated carbocycles. The van der Waals surface area contributed by atoms with Crippen molar-refractivity contribution in [2.45, 2.75) is 12.3 Å². The maximum Gasteiger partial charge on any atom is 0.419 e. The molecule has 0 aromatic heterocycles. The van der Waals surface area contributed by atoms with Crippen molar-refractivity contribution in [3.63, 3.8) is 0 Å². The Morgan fingerprint density at radius 1 is 1.00 bits per heavy atom. The molecule has 1 nitrogen and oxygen atoms in total. The van der Waals surface area contributed by atoms with Crippen molar-refractivity contribution in [3.05, 3.63) is 69.2 Å². The van der Waals surface area contributed by atoms with Gasteiger partial charge in [-0.05, 0) is 29.8 Å². The Morgan fingerprint density at radius 2 is 1.67 bits per heavy atom. The molecule has 0 saturated heterocycles. The second-order valence-corrected chi connectivity index (χ2v) is 5.13. The summed E-state index contributed by atoms with van der Waals surface area (Å²) in [7, 11) is 0. The van der Waals surface area contributed by atoms with E-state index in [1.54, 1.807) is 0 Å². The van der Waals surface area contributed by atoms with Crippen molar-refractivity contribution in [1.29, 1.82) is 0 Å². The molecule has 7 heteroatoms. The monoisotopic (exact) mass is 366 g/mol. The van der Waals surface area contributed by atoms with Gasteiger partial charge in [-0.3, -0.25) is 0 Å². The summed E-state index contributed by atoms with van der Waals surface area (Å²) >= 11 is 3.02. The third-order valence-electron chi connectivity index (χ3n) is 2.88. The van der Waals surface area contributed by atoms with Crippen LogP contribution in [0.5, 0.6) is 0 Å².